The summed E-state index contributed by atoms with van der Waals surface area (Å²) >= 11 is 0. The fraction of sp³-hybridized carbons (Fsp3) is 0.561. The number of carbonyl (C=O) groups is 3. The fourth-order valence-corrected chi connectivity index (χ4v) is 27.1. The maximum atomic E-state index is 14.0. The van der Waals surface area contributed by atoms with Gasteiger partial charge in [-0.15, -0.1) is 0 Å². The third-order valence-corrected chi connectivity index (χ3v) is 33.0. The molecule has 3 amide bonds. The molecule has 0 radical (unpaired) electrons. The number of pyridine rings is 2. The van der Waals surface area contributed by atoms with E-state index < -0.39 is 51.4 Å². The lowest BCUT2D eigenvalue weighted by molar-refractivity contribution is -0.191. The van der Waals surface area contributed by atoms with Gasteiger partial charge in [0.25, 0.3) is 17.7 Å². The third-order valence-electron chi connectivity index (χ3n) is 33.0. The number of hydrogen-bond acceptors (Lipinski definition) is 17. The van der Waals surface area contributed by atoms with Gasteiger partial charge >= 0.3 is 0 Å². The molecule has 6 aliphatic heterocycles. The first kappa shape index (κ1) is 75.6. The van der Waals surface area contributed by atoms with Crippen LogP contribution in [0.1, 0.15) is 254 Å². The SMILES string of the molecule is O=C(N[C@@H]1CC[C@@]2(O)[C@H]3Cc4ccc(O)c5c4[C@@]2(CCN3CC2CC2)[C@H]1O5)c1ccccc1-c1ccccc1.O=C(N[C@@H]1CC[C@@]2(O)[C@H]3Cc4ccc(O)c5c4[C@@]2(CCN3CC2CC2)[C@H]1O5)c1ccncc1C1CCCCC1.O=C(N[C@@H]1CC[C@@]2(O)[C@H]3Cc4ccc(O)c5c4[C@@]2(CCN3CC2CC2)[C@H]1O5)c1ccncc1C1CCCCCC1. The molecular formula is C98H114N8O12. The Hall–Kier alpha value is -8.63. The van der Waals surface area contributed by atoms with Crippen molar-refractivity contribution in [3.05, 3.63) is 189 Å². The predicted octanol–water partition coefficient (Wildman–Crippen LogP) is 13.2. The van der Waals surface area contributed by atoms with Crippen LogP contribution in [0.15, 0.2) is 128 Å². The van der Waals surface area contributed by atoms with E-state index in [1.807, 2.05) is 97.3 Å². The Morgan fingerprint density at radius 3 is 1.11 bits per heavy atom. The number of ether oxygens (including phenoxy) is 3. The van der Waals surface area contributed by atoms with Crippen LogP contribution >= 0.6 is 0 Å². The Bertz CT molecular complexity index is 5120. The Morgan fingerprint density at radius 2 is 0.737 bits per heavy atom. The highest BCUT2D eigenvalue weighted by molar-refractivity contribution is 6.01. The minimum absolute atomic E-state index is 0.0244. The molecule has 3 spiro atoms. The van der Waals surface area contributed by atoms with Gasteiger partial charge in [-0.2, -0.15) is 0 Å². The molecule has 20 nitrogen and oxygen atoms in total. The second kappa shape index (κ2) is 28.8. The van der Waals surface area contributed by atoms with Gasteiger partial charge in [0.15, 0.2) is 34.5 Å². The summed E-state index contributed by atoms with van der Waals surface area (Å²) in [4.78, 5) is 58.1. The lowest BCUT2D eigenvalue weighted by atomic mass is 9.48. The third kappa shape index (κ3) is 11.7. The van der Waals surface area contributed by atoms with Crippen LogP contribution in [0.4, 0.5) is 0 Å². The summed E-state index contributed by atoms with van der Waals surface area (Å²) in [7, 11) is 0. The van der Waals surface area contributed by atoms with Crippen molar-refractivity contribution in [2.45, 2.75) is 286 Å². The van der Waals surface area contributed by atoms with Gasteiger partial charge in [0.1, 0.15) is 18.3 Å². The van der Waals surface area contributed by atoms with Gasteiger partial charge in [-0.05, 0) is 266 Å². The summed E-state index contributed by atoms with van der Waals surface area (Å²) in [6.45, 7) is 5.88. The molecule has 7 aromatic rings. The number of aromatic nitrogens is 2. The molecule has 15 atom stereocenters. The summed E-state index contributed by atoms with van der Waals surface area (Å²) in [5.41, 5.74) is 7.86. The number of benzene rings is 5. The van der Waals surface area contributed by atoms with Crippen LogP contribution in [0, 0.1) is 17.8 Å². The van der Waals surface area contributed by atoms with E-state index in [0.29, 0.717) is 73.2 Å². The van der Waals surface area contributed by atoms with Crippen molar-refractivity contribution in [1.82, 2.24) is 40.6 Å². The Balaban J connectivity index is 0.000000107. The van der Waals surface area contributed by atoms with E-state index in [1.165, 1.54) is 100 Å². The number of nitrogens with one attached hydrogen (secondary N) is 3. The van der Waals surface area contributed by atoms with E-state index in [0.717, 1.165) is 171 Å². The van der Waals surface area contributed by atoms with Crippen LogP contribution in [0.25, 0.3) is 11.1 Å². The highest BCUT2D eigenvalue weighted by Crippen LogP contribution is 2.70. The molecule has 17 aliphatic rings. The Morgan fingerprint density at radius 1 is 0.390 bits per heavy atom. The molecule has 5 aromatic carbocycles. The van der Waals surface area contributed by atoms with Crippen LogP contribution in [0.5, 0.6) is 34.5 Å². The number of carbonyl (C=O) groups excluding carboxylic acids is 3. The number of aromatic hydroxyl groups is 3. The van der Waals surface area contributed by atoms with Crippen LogP contribution in [-0.2, 0) is 35.5 Å². The van der Waals surface area contributed by atoms with Gasteiger partial charge in [0.05, 0.1) is 51.2 Å². The number of amides is 3. The molecule has 20 heteroatoms. The number of phenols is 3. The molecule has 11 fully saturated rings. The first-order valence-corrected chi connectivity index (χ1v) is 45.4. The lowest BCUT2D eigenvalue weighted by Gasteiger charge is -2.64. The van der Waals surface area contributed by atoms with Gasteiger partial charge in [-0.3, -0.25) is 39.1 Å². The lowest BCUT2D eigenvalue weighted by Crippen LogP contribution is -2.78. The smallest absolute Gasteiger partial charge is 0.252 e. The zero-order valence-corrected chi connectivity index (χ0v) is 67.8. The molecule has 118 heavy (non-hydrogen) atoms. The van der Waals surface area contributed by atoms with Gasteiger partial charge in [0.2, 0.25) is 0 Å². The van der Waals surface area contributed by atoms with Crippen LogP contribution in [0.3, 0.4) is 0 Å². The standard InChI is InChI=1S/C33H41N3O4.C33H34N2O4.C32H39N3O4/c37-26-10-9-22-17-27-33(39)13-11-25(30-32(33,28(22)29(26)40-30)14-16-36(27)19-20-7-8-20)35-31(38)23-12-15-34-18-24(23)21-5-3-1-2-4-6-21;36-26-13-12-22-18-27-33(38)15-14-25(34-31(37)24-9-5-4-8-23(24)21-6-2-1-3-7-21)30-32(33,28(22)29(26)39-30)16-17-35(27)19-20-10-11-20;36-25-9-8-21-16-26-32(38)12-10-24(34-30(37)22-11-14-33-17-23(22)20-4-2-1-3-5-20)29-31(32,27(21)28(25)39-29)13-15-35(26)18-19-6-7-19/h9-10,12,15,18,20-21,25,27,30,37,39H,1-8,11,13-14,16-17,19H2,(H,35,38);1-9,12-13,20,25,27,30,36,38H,10-11,14-19H2,(H,34,37);8-9,11,14,17,19-20,24,26,29,36,38H,1-7,10,12-13,15-16,18H2,(H,34,37)/t2*25-,27-,30+,32+,33-;24-,26-,29+,31+,32-/m111/s1. The van der Waals surface area contributed by atoms with Crippen molar-refractivity contribution < 1.29 is 59.2 Å². The molecule has 9 N–H and O–H groups in total. The molecule has 11 aliphatic carbocycles. The van der Waals surface area contributed by atoms with E-state index in [-0.39, 0.29) is 71.2 Å². The largest absolute Gasteiger partial charge is 0.504 e. The Kier molecular flexibility index (Phi) is 18.4. The molecule has 24 rings (SSSR count). The summed E-state index contributed by atoms with van der Waals surface area (Å²) in [5, 5.41) is 80.8. The predicted molar refractivity (Wildman–Crippen MR) is 445 cm³/mol. The van der Waals surface area contributed by atoms with E-state index in [2.05, 4.69) is 40.6 Å². The van der Waals surface area contributed by atoms with Gasteiger partial charge < -0.3 is 60.8 Å². The summed E-state index contributed by atoms with van der Waals surface area (Å²) in [6, 6.07) is 32.0. The van der Waals surface area contributed by atoms with Gasteiger partial charge in [0, 0.05) is 95.9 Å². The molecule has 8 saturated carbocycles. The normalized spacial score (nSPS) is 34.2. The molecule has 0 unspecified atom stereocenters. The molecule has 618 valence electrons. The first-order chi connectivity index (χ1) is 57.5. The maximum absolute atomic E-state index is 14.0. The summed E-state index contributed by atoms with van der Waals surface area (Å²) < 4.78 is 19.9. The molecular weight excluding hydrogens is 1480 g/mol. The zero-order valence-electron chi connectivity index (χ0n) is 67.8. The highest BCUT2D eigenvalue weighted by atomic mass is 16.5. The molecule has 2 aromatic heterocycles. The number of aliphatic hydroxyl groups is 3. The van der Waals surface area contributed by atoms with E-state index in [1.54, 1.807) is 30.6 Å². The highest BCUT2D eigenvalue weighted by Gasteiger charge is 2.77. The number of hydrogen-bond donors (Lipinski definition) is 9. The van der Waals surface area contributed by atoms with Gasteiger partial charge in [-0.1, -0.05) is 112 Å². The molecule has 6 bridgehead atoms. The average Bonchev–Trinajstić information content (AvgIpc) is 1.47. The van der Waals surface area contributed by atoms with Gasteiger partial charge in [-0.25, -0.2) is 0 Å². The van der Waals surface area contributed by atoms with E-state index >= 15 is 0 Å². The number of likely N-dealkylation sites (tertiary alicyclic amines) is 3. The number of piperidine rings is 3. The zero-order chi connectivity index (χ0) is 79.8. The minimum atomic E-state index is -0.958. The second-order valence-corrected chi connectivity index (χ2v) is 39.1. The quantitative estimate of drug-likeness (QED) is 0.0432. The summed E-state index contributed by atoms with van der Waals surface area (Å²) in [6.07, 6.45) is 35.1. The summed E-state index contributed by atoms with van der Waals surface area (Å²) in [5.74, 6) is 4.68. The van der Waals surface area contributed by atoms with E-state index in [4.69, 9.17) is 14.2 Å². The number of rotatable bonds is 15. The van der Waals surface area contributed by atoms with Crippen LogP contribution in [-0.4, -0.2) is 184 Å². The van der Waals surface area contributed by atoms with Crippen molar-refractivity contribution in [3.63, 3.8) is 0 Å². The topological polar surface area (TPSA) is 272 Å². The van der Waals surface area contributed by atoms with Crippen molar-refractivity contribution >= 4 is 17.7 Å². The second-order valence-electron chi connectivity index (χ2n) is 39.1. The average molecular weight is 1600 g/mol. The number of nitrogens with zero attached hydrogens (tertiary/aromatic N) is 5. The van der Waals surface area contributed by atoms with Crippen LogP contribution in [0.2, 0.25) is 0 Å². The monoisotopic (exact) mass is 1590 g/mol. The fourth-order valence-electron chi connectivity index (χ4n) is 27.1. The van der Waals surface area contributed by atoms with Crippen molar-refractivity contribution in [2.75, 3.05) is 39.3 Å². The van der Waals surface area contributed by atoms with Crippen molar-refractivity contribution in [2.24, 2.45) is 17.8 Å². The van der Waals surface area contributed by atoms with Crippen LogP contribution < -0.4 is 30.2 Å². The first-order valence-electron chi connectivity index (χ1n) is 45.4. The molecule has 3 saturated heterocycles. The van der Waals surface area contributed by atoms with Crippen molar-refractivity contribution in [3.8, 4) is 45.6 Å². The molecule has 8 heterocycles. The number of phenolic OH excluding ortho intramolecular Hbond substituents is 3. The van der Waals surface area contributed by atoms with E-state index in [9.17, 15) is 45.0 Å². The Labute approximate surface area is 691 Å². The minimum Gasteiger partial charge on any atom is -0.504 e. The maximum Gasteiger partial charge on any atom is 0.252 e. The van der Waals surface area contributed by atoms with Crippen molar-refractivity contribution in [1.29, 1.82) is 0 Å².